The lowest BCUT2D eigenvalue weighted by Gasteiger charge is -2.18. The molecule has 0 spiro atoms. The van der Waals surface area contributed by atoms with Crippen molar-refractivity contribution in [3.05, 3.63) is 0 Å². The Balaban J connectivity index is 0.00000484. The van der Waals surface area contributed by atoms with Crippen LogP contribution in [0, 0.1) is 5.92 Å². The van der Waals surface area contributed by atoms with E-state index in [1.807, 2.05) is 20.8 Å². The first-order valence-electron chi connectivity index (χ1n) is 8.76. The Bertz CT molecular complexity index is 363. The summed E-state index contributed by atoms with van der Waals surface area (Å²) < 4.78 is 11.8. The van der Waals surface area contributed by atoms with E-state index < -0.39 is 10.8 Å². The average molecular weight is 457 g/mol. The second-order valence-electron chi connectivity index (χ2n) is 7.23. The minimum absolute atomic E-state index is 0. The van der Waals surface area contributed by atoms with E-state index in [0.717, 1.165) is 18.4 Å². The van der Waals surface area contributed by atoms with E-state index >= 15 is 0 Å². The Morgan fingerprint density at radius 3 is 2.30 bits per heavy atom. The summed E-state index contributed by atoms with van der Waals surface area (Å²) in [5, 5.41) is 6.60. The van der Waals surface area contributed by atoms with Crippen molar-refractivity contribution in [2.45, 2.75) is 70.5 Å². The molecule has 1 atom stereocenters. The van der Waals surface area contributed by atoms with E-state index in [1.54, 1.807) is 7.05 Å². The van der Waals surface area contributed by atoms with Crippen molar-refractivity contribution in [3.8, 4) is 0 Å². The summed E-state index contributed by atoms with van der Waals surface area (Å²) in [6.07, 6.45) is 9.67. The second kappa shape index (κ2) is 12.5. The Kier molecular flexibility index (Phi) is 12.6. The molecule has 0 bridgehead atoms. The number of aliphatic imine (C=N–C) groups is 1. The molecule has 1 fully saturated rings. The Morgan fingerprint density at radius 1 is 1.13 bits per heavy atom. The van der Waals surface area contributed by atoms with E-state index in [-0.39, 0.29) is 28.7 Å². The number of hydrogen-bond acceptors (Lipinski definition) is 2. The normalized spacial score (nSPS) is 17.7. The van der Waals surface area contributed by atoms with Gasteiger partial charge in [0, 0.05) is 41.4 Å². The van der Waals surface area contributed by atoms with Gasteiger partial charge in [-0.05, 0) is 33.1 Å². The van der Waals surface area contributed by atoms with Crippen LogP contribution in [0.2, 0.25) is 0 Å². The predicted molar refractivity (Wildman–Crippen MR) is 113 cm³/mol. The largest absolute Gasteiger partial charge is 0.356 e. The van der Waals surface area contributed by atoms with Crippen LogP contribution in [0.5, 0.6) is 0 Å². The fraction of sp³-hybridized carbons (Fsp3) is 0.941. The van der Waals surface area contributed by atoms with Gasteiger partial charge in [-0.1, -0.05) is 38.5 Å². The minimum Gasteiger partial charge on any atom is -0.356 e. The molecule has 2 N–H and O–H groups in total. The van der Waals surface area contributed by atoms with Gasteiger partial charge in [-0.25, -0.2) is 0 Å². The lowest BCUT2D eigenvalue weighted by atomic mass is 10.0. The Hall–Kier alpha value is 0.150. The number of halogens is 1. The molecular weight excluding hydrogens is 421 g/mol. The van der Waals surface area contributed by atoms with Gasteiger partial charge in [-0.3, -0.25) is 9.20 Å². The van der Waals surface area contributed by atoms with Crippen LogP contribution in [0.15, 0.2) is 4.99 Å². The van der Waals surface area contributed by atoms with Gasteiger partial charge in [-0.15, -0.1) is 24.0 Å². The molecule has 0 aromatic heterocycles. The van der Waals surface area contributed by atoms with Crippen LogP contribution >= 0.6 is 24.0 Å². The lowest BCUT2D eigenvalue weighted by molar-refractivity contribution is 0.472. The number of nitrogens with one attached hydrogen (secondary N) is 2. The minimum atomic E-state index is -0.811. The first-order chi connectivity index (χ1) is 10.4. The zero-order chi connectivity index (χ0) is 16.4. The molecule has 23 heavy (non-hydrogen) atoms. The molecule has 1 saturated carbocycles. The molecule has 1 aliphatic rings. The van der Waals surface area contributed by atoms with E-state index in [0.29, 0.717) is 12.3 Å². The number of unbranched alkanes of at least 4 members (excludes halogenated alkanes) is 1. The second-order valence-corrected chi connectivity index (χ2v) is 9.56. The molecular formula is C17H36IN3OS. The standard InChI is InChI=1S/C17H35N3OS.HI/c1-17(2,3)22(21)14-13-20-16(18-4)19-12-8-7-11-15-9-5-6-10-15;/h15H,5-14H2,1-4H3,(H2,18,19,20);1H. The van der Waals surface area contributed by atoms with Crippen molar-refractivity contribution < 1.29 is 4.21 Å². The van der Waals surface area contributed by atoms with Gasteiger partial charge in [0.15, 0.2) is 5.96 Å². The van der Waals surface area contributed by atoms with Crippen LogP contribution in [-0.2, 0) is 10.8 Å². The predicted octanol–water partition coefficient (Wildman–Crippen LogP) is 3.68. The molecule has 1 unspecified atom stereocenters. The Labute approximate surface area is 162 Å². The van der Waals surface area contributed by atoms with Crippen molar-refractivity contribution >= 4 is 40.7 Å². The summed E-state index contributed by atoms with van der Waals surface area (Å²) >= 11 is 0. The fourth-order valence-corrected chi connectivity index (χ4v) is 3.75. The summed E-state index contributed by atoms with van der Waals surface area (Å²) in [6, 6.07) is 0. The van der Waals surface area contributed by atoms with Crippen LogP contribution < -0.4 is 10.6 Å². The van der Waals surface area contributed by atoms with E-state index in [4.69, 9.17) is 0 Å². The maximum Gasteiger partial charge on any atom is 0.191 e. The average Bonchev–Trinajstić information content (AvgIpc) is 2.97. The summed E-state index contributed by atoms with van der Waals surface area (Å²) in [6.45, 7) is 7.71. The van der Waals surface area contributed by atoms with Gasteiger partial charge >= 0.3 is 0 Å². The molecule has 0 radical (unpaired) electrons. The third-order valence-corrected chi connectivity index (χ3v) is 6.23. The van der Waals surface area contributed by atoms with Crippen LogP contribution in [0.25, 0.3) is 0 Å². The highest BCUT2D eigenvalue weighted by Crippen LogP contribution is 2.28. The molecule has 0 saturated heterocycles. The van der Waals surface area contributed by atoms with Crippen molar-refractivity contribution in [3.63, 3.8) is 0 Å². The van der Waals surface area contributed by atoms with E-state index in [9.17, 15) is 4.21 Å². The van der Waals surface area contributed by atoms with Gasteiger partial charge in [-0.2, -0.15) is 0 Å². The quantitative estimate of drug-likeness (QED) is 0.253. The number of guanidine groups is 1. The van der Waals surface area contributed by atoms with Crippen molar-refractivity contribution in [2.75, 3.05) is 25.9 Å². The summed E-state index contributed by atoms with van der Waals surface area (Å²) in [5.74, 6) is 2.47. The first-order valence-corrected chi connectivity index (χ1v) is 10.1. The van der Waals surface area contributed by atoms with Gasteiger partial charge in [0.1, 0.15) is 0 Å². The molecule has 0 heterocycles. The smallest absolute Gasteiger partial charge is 0.191 e. The van der Waals surface area contributed by atoms with E-state index in [2.05, 4.69) is 15.6 Å². The highest BCUT2D eigenvalue weighted by atomic mass is 127. The SMILES string of the molecule is CN=C(NCCCCC1CCCC1)NCCS(=O)C(C)(C)C.I. The fourth-order valence-electron chi connectivity index (χ4n) is 2.85. The number of nitrogens with zero attached hydrogens (tertiary/aromatic N) is 1. The van der Waals surface area contributed by atoms with Crippen molar-refractivity contribution in [1.82, 2.24) is 10.6 Å². The van der Waals surface area contributed by atoms with Crippen LogP contribution in [0.3, 0.4) is 0 Å². The van der Waals surface area contributed by atoms with Crippen LogP contribution in [0.1, 0.15) is 65.7 Å². The number of rotatable bonds is 8. The maximum absolute atomic E-state index is 12.0. The third kappa shape index (κ3) is 10.6. The highest BCUT2D eigenvalue weighted by molar-refractivity contribution is 14.0. The van der Waals surface area contributed by atoms with Gasteiger partial charge < -0.3 is 10.6 Å². The summed E-state index contributed by atoms with van der Waals surface area (Å²) in [7, 11) is 0.975. The monoisotopic (exact) mass is 457 g/mol. The molecule has 6 heteroatoms. The first kappa shape index (κ1) is 23.1. The Morgan fingerprint density at radius 2 is 1.74 bits per heavy atom. The molecule has 1 aliphatic carbocycles. The molecule has 0 aliphatic heterocycles. The highest BCUT2D eigenvalue weighted by Gasteiger charge is 2.18. The van der Waals surface area contributed by atoms with E-state index in [1.165, 1.54) is 44.9 Å². The lowest BCUT2D eigenvalue weighted by Crippen LogP contribution is -2.40. The summed E-state index contributed by atoms with van der Waals surface area (Å²) in [5.41, 5.74) is 0. The van der Waals surface area contributed by atoms with Crippen LogP contribution in [0.4, 0.5) is 0 Å². The maximum atomic E-state index is 12.0. The van der Waals surface area contributed by atoms with Crippen molar-refractivity contribution in [2.24, 2.45) is 10.9 Å². The number of hydrogen-bond donors (Lipinski definition) is 2. The summed E-state index contributed by atoms with van der Waals surface area (Å²) in [4.78, 5) is 4.22. The van der Waals surface area contributed by atoms with Gasteiger partial charge in [0.25, 0.3) is 0 Å². The topological polar surface area (TPSA) is 53.5 Å². The molecule has 0 amide bonds. The zero-order valence-electron chi connectivity index (χ0n) is 15.3. The molecule has 0 aromatic rings. The zero-order valence-corrected chi connectivity index (χ0v) is 18.5. The van der Waals surface area contributed by atoms with Crippen LogP contribution in [-0.4, -0.2) is 40.8 Å². The third-order valence-electron chi connectivity index (χ3n) is 4.29. The molecule has 4 nitrogen and oxygen atoms in total. The molecule has 1 rings (SSSR count). The van der Waals surface area contributed by atoms with Crippen molar-refractivity contribution in [1.29, 1.82) is 0 Å². The molecule has 138 valence electrons. The van der Waals surface area contributed by atoms with Gasteiger partial charge in [0.05, 0.1) is 0 Å². The van der Waals surface area contributed by atoms with Gasteiger partial charge in [0.2, 0.25) is 0 Å². The molecule has 0 aromatic carbocycles.